The second-order valence-electron chi connectivity index (χ2n) is 5.90. The first kappa shape index (κ1) is 19.6. The molecule has 0 unspecified atom stereocenters. The molecule has 0 aliphatic rings. The SMILES string of the molecule is CCCc1ccc(OCC)c(C=CC(=O)c2ccc(N)cc2)c1OCC. The fourth-order valence-corrected chi connectivity index (χ4v) is 2.75. The first-order valence-corrected chi connectivity index (χ1v) is 9.10. The molecule has 4 nitrogen and oxygen atoms in total. The Morgan fingerprint density at radius 1 is 1.00 bits per heavy atom. The monoisotopic (exact) mass is 353 g/mol. The van der Waals surface area contributed by atoms with E-state index < -0.39 is 0 Å². The Morgan fingerprint density at radius 3 is 2.31 bits per heavy atom. The van der Waals surface area contributed by atoms with Crippen molar-refractivity contribution in [2.24, 2.45) is 0 Å². The van der Waals surface area contributed by atoms with Crippen molar-refractivity contribution in [1.29, 1.82) is 0 Å². The summed E-state index contributed by atoms with van der Waals surface area (Å²) in [5.74, 6) is 1.43. The van der Waals surface area contributed by atoms with Crippen LogP contribution in [-0.2, 0) is 6.42 Å². The third-order valence-corrected chi connectivity index (χ3v) is 3.94. The zero-order chi connectivity index (χ0) is 18.9. The molecule has 0 aliphatic carbocycles. The zero-order valence-electron chi connectivity index (χ0n) is 15.7. The number of hydrogen-bond donors (Lipinski definition) is 1. The molecule has 0 spiro atoms. The zero-order valence-corrected chi connectivity index (χ0v) is 15.7. The quantitative estimate of drug-likeness (QED) is 0.395. The molecular weight excluding hydrogens is 326 g/mol. The van der Waals surface area contributed by atoms with Crippen molar-refractivity contribution in [3.8, 4) is 11.5 Å². The molecule has 4 heteroatoms. The van der Waals surface area contributed by atoms with Gasteiger partial charge in [0.1, 0.15) is 11.5 Å². The molecule has 0 saturated heterocycles. The maximum absolute atomic E-state index is 12.5. The number of nitrogens with two attached hydrogens (primary N) is 1. The lowest BCUT2D eigenvalue weighted by Crippen LogP contribution is -2.03. The van der Waals surface area contributed by atoms with Gasteiger partial charge in [0.15, 0.2) is 5.78 Å². The van der Waals surface area contributed by atoms with Gasteiger partial charge in [0, 0.05) is 11.3 Å². The van der Waals surface area contributed by atoms with Crippen molar-refractivity contribution < 1.29 is 14.3 Å². The van der Waals surface area contributed by atoms with E-state index in [1.54, 1.807) is 36.4 Å². The maximum Gasteiger partial charge on any atom is 0.185 e. The predicted octanol–water partition coefficient (Wildman–Crippen LogP) is 4.91. The van der Waals surface area contributed by atoms with Gasteiger partial charge in [-0.2, -0.15) is 0 Å². The van der Waals surface area contributed by atoms with Gasteiger partial charge in [-0.1, -0.05) is 19.4 Å². The molecule has 0 aromatic heterocycles. The summed E-state index contributed by atoms with van der Waals surface area (Å²) in [7, 11) is 0. The van der Waals surface area contributed by atoms with Crippen LogP contribution in [0, 0.1) is 0 Å². The fourth-order valence-electron chi connectivity index (χ4n) is 2.75. The molecule has 0 radical (unpaired) electrons. The molecule has 2 N–H and O–H groups in total. The van der Waals surface area contributed by atoms with E-state index in [-0.39, 0.29) is 5.78 Å². The van der Waals surface area contributed by atoms with Crippen LogP contribution in [-0.4, -0.2) is 19.0 Å². The Kier molecular flexibility index (Phi) is 7.27. The highest BCUT2D eigenvalue weighted by Crippen LogP contribution is 2.35. The van der Waals surface area contributed by atoms with Gasteiger partial charge in [0.2, 0.25) is 0 Å². The molecular formula is C22H27NO3. The molecule has 0 atom stereocenters. The Hall–Kier alpha value is -2.75. The largest absolute Gasteiger partial charge is 0.493 e. The van der Waals surface area contributed by atoms with Crippen LogP contribution >= 0.6 is 0 Å². The normalized spacial score (nSPS) is 10.9. The van der Waals surface area contributed by atoms with Crippen LogP contribution in [0.15, 0.2) is 42.5 Å². The number of ether oxygens (including phenoxy) is 2. The summed E-state index contributed by atoms with van der Waals surface area (Å²) in [6, 6.07) is 10.9. The van der Waals surface area contributed by atoms with Crippen LogP contribution < -0.4 is 15.2 Å². The van der Waals surface area contributed by atoms with Crippen LogP contribution in [0.1, 0.15) is 48.7 Å². The Labute approximate surface area is 155 Å². The van der Waals surface area contributed by atoms with Crippen LogP contribution in [0.2, 0.25) is 0 Å². The Bertz CT molecular complexity index is 764. The van der Waals surface area contributed by atoms with E-state index in [1.165, 1.54) is 0 Å². The van der Waals surface area contributed by atoms with Gasteiger partial charge in [0.25, 0.3) is 0 Å². The summed E-state index contributed by atoms with van der Waals surface area (Å²) in [6.45, 7) is 7.13. The van der Waals surface area contributed by atoms with E-state index in [0.717, 1.165) is 35.5 Å². The van der Waals surface area contributed by atoms with Gasteiger partial charge in [-0.05, 0) is 68.3 Å². The number of allylic oxidation sites excluding steroid dienone is 1. The number of hydrogen-bond acceptors (Lipinski definition) is 4. The minimum absolute atomic E-state index is 0.0872. The average Bonchev–Trinajstić information content (AvgIpc) is 2.64. The van der Waals surface area contributed by atoms with E-state index in [1.807, 2.05) is 26.0 Å². The van der Waals surface area contributed by atoms with Gasteiger partial charge in [-0.15, -0.1) is 0 Å². The number of aryl methyl sites for hydroxylation is 1. The van der Waals surface area contributed by atoms with E-state index in [4.69, 9.17) is 15.2 Å². The molecule has 0 saturated carbocycles. The van der Waals surface area contributed by atoms with Gasteiger partial charge >= 0.3 is 0 Å². The Balaban J connectivity index is 2.41. The van der Waals surface area contributed by atoms with Crippen molar-refractivity contribution in [2.75, 3.05) is 18.9 Å². The summed E-state index contributed by atoms with van der Waals surface area (Å²) < 4.78 is 11.7. The van der Waals surface area contributed by atoms with Gasteiger partial charge in [0.05, 0.1) is 18.8 Å². The fraction of sp³-hybridized carbons (Fsp3) is 0.318. The standard InChI is InChI=1S/C22H27NO3/c1-4-7-17-10-15-21(25-5-2)19(22(17)26-6-3)13-14-20(24)16-8-11-18(23)12-9-16/h8-15H,4-7,23H2,1-3H3. The summed E-state index contributed by atoms with van der Waals surface area (Å²) in [5.41, 5.74) is 8.84. The highest BCUT2D eigenvalue weighted by molar-refractivity contribution is 6.07. The first-order chi connectivity index (χ1) is 12.6. The molecule has 2 rings (SSSR count). The van der Waals surface area contributed by atoms with Crippen molar-refractivity contribution in [1.82, 2.24) is 0 Å². The van der Waals surface area contributed by atoms with Crippen molar-refractivity contribution in [3.05, 3.63) is 59.2 Å². The topological polar surface area (TPSA) is 61.5 Å². The Morgan fingerprint density at radius 2 is 1.69 bits per heavy atom. The lowest BCUT2D eigenvalue weighted by molar-refractivity contribution is 0.104. The number of benzene rings is 2. The average molecular weight is 353 g/mol. The molecule has 2 aromatic rings. The summed E-state index contributed by atoms with van der Waals surface area (Å²) in [6.07, 6.45) is 5.27. The van der Waals surface area contributed by atoms with Crippen LogP contribution in [0.3, 0.4) is 0 Å². The first-order valence-electron chi connectivity index (χ1n) is 9.10. The lowest BCUT2D eigenvalue weighted by atomic mass is 10.0. The second-order valence-corrected chi connectivity index (χ2v) is 5.90. The van der Waals surface area contributed by atoms with Crippen LogP contribution in [0.25, 0.3) is 6.08 Å². The molecule has 138 valence electrons. The van der Waals surface area contributed by atoms with Crippen molar-refractivity contribution in [3.63, 3.8) is 0 Å². The highest BCUT2D eigenvalue weighted by Gasteiger charge is 2.14. The molecule has 2 aromatic carbocycles. The van der Waals surface area contributed by atoms with Crippen molar-refractivity contribution >= 4 is 17.5 Å². The van der Waals surface area contributed by atoms with E-state index in [0.29, 0.717) is 24.5 Å². The summed E-state index contributed by atoms with van der Waals surface area (Å²) >= 11 is 0. The van der Waals surface area contributed by atoms with Crippen molar-refractivity contribution in [2.45, 2.75) is 33.6 Å². The molecule has 26 heavy (non-hydrogen) atoms. The molecule has 0 aliphatic heterocycles. The number of carbonyl (C=O) groups is 1. The third-order valence-electron chi connectivity index (χ3n) is 3.94. The third kappa shape index (κ3) is 4.88. The summed E-state index contributed by atoms with van der Waals surface area (Å²) in [4.78, 5) is 12.5. The van der Waals surface area contributed by atoms with Gasteiger partial charge < -0.3 is 15.2 Å². The van der Waals surface area contributed by atoms with E-state index in [9.17, 15) is 4.79 Å². The van der Waals surface area contributed by atoms with Gasteiger partial charge in [-0.25, -0.2) is 0 Å². The molecule has 0 bridgehead atoms. The predicted molar refractivity (Wildman–Crippen MR) is 107 cm³/mol. The number of anilines is 1. The maximum atomic E-state index is 12.5. The number of nitrogen functional groups attached to an aromatic ring is 1. The molecule has 0 amide bonds. The van der Waals surface area contributed by atoms with Gasteiger partial charge in [-0.3, -0.25) is 4.79 Å². The van der Waals surface area contributed by atoms with E-state index in [2.05, 4.69) is 6.92 Å². The lowest BCUT2D eigenvalue weighted by Gasteiger charge is -2.16. The minimum Gasteiger partial charge on any atom is -0.493 e. The molecule has 0 heterocycles. The number of ketones is 1. The van der Waals surface area contributed by atoms with E-state index >= 15 is 0 Å². The highest BCUT2D eigenvalue weighted by atomic mass is 16.5. The smallest absolute Gasteiger partial charge is 0.185 e. The molecule has 0 fully saturated rings. The second kappa shape index (κ2) is 9.66. The minimum atomic E-state index is -0.0872. The summed E-state index contributed by atoms with van der Waals surface area (Å²) in [5, 5.41) is 0. The number of carbonyl (C=O) groups excluding carboxylic acids is 1. The number of rotatable bonds is 9. The van der Waals surface area contributed by atoms with Crippen LogP contribution in [0.5, 0.6) is 11.5 Å². The van der Waals surface area contributed by atoms with Crippen LogP contribution in [0.4, 0.5) is 5.69 Å².